The first-order valence-electron chi connectivity index (χ1n) is 9.70. The number of allylic oxidation sites excluding steroid dienone is 1. The van der Waals surface area contributed by atoms with Gasteiger partial charge in [0.1, 0.15) is 0 Å². The number of nitrogens with one attached hydrogen (secondary N) is 1. The largest absolute Gasteiger partial charge is 0.459 e. The monoisotopic (exact) mass is 460 g/mol. The summed E-state index contributed by atoms with van der Waals surface area (Å²) in [6.07, 6.45) is 5.86. The van der Waals surface area contributed by atoms with Crippen molar-refractivity contribution in [3.05, 3.63) is 70.7 Å². The van der Waals surface area contributed by atoms with E-state index in [0.29, 0.717) is 18.7 Å². The van der Waals surface area contributed by atoms with Gasteiger partial charge in [0.25, 0.3) is 5.91 Å². The van der Waals surface area contributed by atoms with Gasteiger partial charge in [-0.1, -0.05) is 28.1 Å². The zero-order chi connectivity index (χ0) is 20.6. The van der Waals surface area contributed by atoms with Gasteiger partial charge in [0.05, 0.1) is 11.9 Å². The molecule has 154 valence electrons. The second kappa shape index (κ2) is 10.5. The van der Waals surface area contributed by atoms with Gasteiger partial charge in [0.15, 0.2) is 5.76 Å². The van der Waals surface area contributed by atoms with E-state index in [9.17, 15) is 9.90 Å². The van der Waals surface area contributed by atoms with Crippen molar-refractivity contribution in [1.82, 2.24) is 4.98 Å². The molecule has 1 aromatic heterocycles. The van der Waals surface area contributed by atoms with Crippen LogP contribution >= 0.6 is 15.9 Å². The third-order valence-corrected chi connectivity index (χ3v) is 5.34. The number of aliphatic hydroxyl groups excluding tert-OH is 1. The van der Waals surface area contributed by atoms with Crippen LogP contribution in [0.15, 0.2) is 65.1 Å². The van der Waals surface area contributed by atoms with Crippen molar-refractivity contribution < 1.29 is 19.4 Å². The summed E-state index contributed by atoms with van der Waals surface area (Å²) in [5, 5.41) is 12.2. The van der Waals surface area contributed by atoms with Gasteiger partial charge < -0.3 is 19.9 Å². The SMILES string of the molecule is CCO[C@@H]1OC(C(=O)Nc2cccnc2)=C[C@H](c2ccc(Br)cc2)[C@H]1CCCO. The Labute approximate surface area is 179 Å². The molecular weight excluding hydrogens is 436 g/mol. The maximum atomic E-state index is 12.8. The summed E-state index contributed by atoms with van der Waals surface area (Å²) in [5.74, 6) is -0.210. The van der Waals surface area contributed by atoms with Gasteiger partial charge in [-0.05, 0) is 55.7 Å². The molecule has 1 aromatic carbocycles. The number of anilines is 1. The number of carbonyl (C=O) groups is 1. The van der Waals surface area contributed by atoms with Crippen LogP contribution in [0.25, 0.3) is 0 Å². The number of carbonyl (C=O) groups excluding carboxylic acids is 1. The van der Waals surface area contributed by atoms with Gasteiger partial charge in [-0.3, -0.25) is 9.78 Å². The molecule has 0 saturated carbocycles. The van der Waals surface area contributed by atoms with Crippen LogP contribution in [0.1, 0.15) is 31.2 Å². The quantitative estimate of drug-likeness (QED) is 0.615. The Hall–Kier alpha value is -2.22. The molecule has 1 aliphatic rings. The molecule has 2 N–H and O–H groups in total. The maximum Gasteiger partial charge on any atom is 0.290 e. The minimum atomic E-state index is -0.570. The van der Waals surface area contributed by atoms with Gasteiger partial charge in [0, 0.05) is 35.7 Å². The Balaban J connectivity index is 1.92. The highest BCUT2D eigenvalue weighted by Gasteiger charge is 2.37. The van der Waals surface area contributed by atoms with E-state index in [1.165, 1.54) is 0 Å². The number of ether oxygens (including phenoxy) is 2. The number of hydrogen-bond acceptors (Lipinski definition) is 5. The molecule has 2 heterocycles. The van der Waals surface area contributed by atoms with Crippen molar-refractivity contribution >= 4 is 27.5 Å². The first-order valence-corrected chi connectivity index (χ1v) is 10.5. The lowest BCUT2D eigenvalue weighted by molar-refractivity contribution is -0.165. The van der Waals surface area contributed by atoms with E-state index in [2.05, 4.69) is 26.2 Å². The molecule has 29 heavy (non-hydrogen) atoms. The van der Waals surface area contributed by atoms with Crippen LogP contribution in [0.5, 0.6) is 0 Å². The molecule has 2 aromatic rings. The van der Waals surface area contributed by atoms with E-state index in [4.69, 9.17) is 9.47 Å². The Morgan fingerprint density at radius 1 is 1.31 bits per heavy atom. The maximum absolute atomic E-state index is 12.8. The predicted octanol–water partition coefficient (Wildman–Crippen LogP) is 4.23. The summed E-state index contributed by atoms with van der Waals surface area (Å²) >= 11 is 3.47. The number of benzene rings is 1. The minimum absolute atomic E-state index is 0.0155. The van der Waals surface area contributed by atoms with E-state index in [1.807, 2.05) is 37.3 Å². The zero-order valence-electron chi connectivity index (χ0n) is 16.3. The van der Waals surface area contributed by atoms with Gasteiger partial charge in [-0.2, -0.15) is 0 Å². The summed E-state index contributed by atoms with van der Waals surface area (Å²) in [6, 6.07) is 11.5. The first-order chi connectivity index (χ1) is 14.1. The molecule has 3 rings (SSSR count). The third-order valence-electron chi connectivity index (χ3n) is 4.81. The van der Waals surface area contributed by atoms with Crippen LogP contribution in [-0.4, -0.2) is 35.5 Å². The Bertz CT molecular complexity index is 826. The molecule has 0 fully saturated rings. The van der Waals surface area contributed by atoms with Crippen molar-refractivity contribution in [1.29, 1.82) is 0 Å². The number of halogens is 1. The number of rotatable bonds is 8. The molecule has 0 aliphatic carbocycles. The normalized spacial score (nSPS) is 21.2. The highest BCUT2D eigenvalue weighted by atomic mass is 79.9. The topological polar surface area (TPSA) is 80.7 Å². The number of nitrogens with zero attached hydrogens (tertiary/aromatic N) is 1. The van der Waals surface area contributed by atoms with Gasteiger partial charge in [0.2, 0.25) is 6.29 Å². The average molecular weight is 461 g/mol. The van der Waals surface area contributed by atoms with Crippen LogP contribution in [-0.2, 0) is 14.3 Å². The fourth-order valence-corrected chi connectivity index (χ4v) is 3.72. The van der Waals surface area contributed by atoms with Crippen LogP contribution in [0.3, 0.4) is 0 Å². The lowest BCUT2D eigenvalue weighted by atomic mass is 9.80. The highest BCUT2D eigenvalue weighted by Crippen LogP contribution is 2.39. The Morgan fingerprint density at radius 2 is 2.10 bits per heavy atom. The fraction of sp³-hybridized carbons (Fsp3) is 0.364. The van der Waals surface area contributed by atoms with Crippen molar-refractivity contribution in [2.75, 3.05) is 18.5 Å². The molecule has 1 amide bonds. The van der Waals surface area contributed by atoms with E-state index in [-0.39, 0.29) is 30.1 Å². The van der Waals surface area contributed by atoms with Crippen molar-refractivity contribution in [3.63, 3.8) is 0 Å². The van der Waals surface area contributed by atoms with Crippen LogP contribution in [0.4, 0.5) is 5.69 Å². The summed E-state index contributed by atoms with van der Waals surface area (Å²) in [4.78, 5) is 16.8. The molecule has 0 bridgehead atoms. The zero-order valence-corrected chi connectivity index (χ0v) is 17.8. The summed E-state index contributed by atoms with van der Waals surface area (Å²) < 4.78 is 12.8. The summed E-state index contributed by atoms with van der Waals surface area (Å²) in [7, 11) is 0. The Kier molecular flexibility index (Phi) is 7.80. The van der Waals surface area contributed by atoms with Gasteiger partial charge in [-0.25, -0.2) is 0 Å². The Morgan fingerprint density at radius 3 is 2.76 bits per heavy atom. The summed E-state index contributed by atoms with van der Waals surface area (Å²) in [5.41, 5.74) is 1.66. The first kappa shape index (κ1) is 21.5. The van der Waals surface area contributed by atoms with Crippen molar-refractivity contribution in [2.45, 2.75) is 32.0 Å². The highest BCUT2D eigenvalue weighted by molar-refractivity contribution is 9.10. The lowest BCUT2D eigenvalue weighted by Gasteiger charge is -2.37. The molecule has 0 spiro atoms. The van der Waals surface area contributed by atoms with Crippen LogP contribution in [0, 0.1) is 5.92 Å². The van der Waals surface area contributed by atoms with Crippen LogP contribution < -0.4 is 5.32 Å². The van der Waals surface area contributed by atoms with Crippen molar-refractivity contribution in [3.8, 4) is 0 Å². The van der Waals surface area contributed by atoms with Crippen molar-refractivity contribution in [2.24, 2.45) is 5.92 Å². The number of pyridine rings is 1. The number of aromatic nitrogens is 1. The van der Waals surface area contributed by atoms with Crippen LogP contribution in [0.2, 0.25) is 0 Å². The third kappa shape index (κ3) is 5.65. The molecule has 0 unspecified atom stereocenters. The second-order valence-electron chi connectivity index (χ2n) is 6.78. The fourth-order valence-electron chi connectivity index (χ4n) is 3.46. The van der Waals surface area contributed by atoms with E-state index in [1.54, 1.807) is 24.5 Å². The van der Waals surface area contributed by atoms with Gasteiger partial charge >= 0.3 is 0 Å². The number of amides is 1. The predicted molar refractivity (Wildman–Crippen MR) is 114 cm³/mol. The van der Waals surface area contributed by atoms with E-state index < -0.39 is 6.29 Å². The lowest BCUT2D eigenvalue weighted by Crippen LogP contribution is -2.37. The van der Waals surface area contributed by atoms with E-state index >= 15 is 0 Å². The second-order valence-corrected chi connectivity index (χ2v) is 7.69. The molecule has 7 heteroatoms. The molecular formula is C22H25BrN2O4. The number of aliphatic hydroxyl groups is 1. The molecule has 0 radical (unpaired) electrons. The van der Waals surface area contributed by atoms with E-state index in [0.717, 1.165) is 16.5 Å². The molecule has 1 aliphatic heterocycles. The minimum Gasteiger partial charge on any atom is -0.459 e. The van der Waals surface area contributed by atoms with Gasteiger partial charge in [-0.15, -0.1) is 0 Å². The molecule has 3 atom stereocenters. The molecule has 6 nitrogen and oxygen atoms in total. The smallest absolute Gasteiger partial charge is 0.290 e. The standard InChI is InChI=1S/C22H25BrN2O4/c1-2-28-22-18(6-4-12-26)19(15-7-9-16(23)10-8-15)13-20(29-22)21(27)25-17-5-3-11-24-14-17/h3,5,7-11,13-14,18-19,22,26H,2,4,6,12H2,1H3,(H,25,27)/t18-,19-,22-/m1/s1. The number of hydrogen-bond donors (Lipinski definition) is 2. The molecule has 0 saturated heterocycles. The average Bonchev–Trinajstić information content (AvgIpc) is 2.74. The summed E-state index contributed by atoms with van der Waals surface area (Å²) in [6.45, 7) is 2.46.